The van der Waals surface area contributed by atoms with E-state index < -0.39 is 0 Å². The summed E-state index contributed by atoms with van der Waals surface area (Å²) in [7, 11) is 0. The third-order valence-corrected chi connectivity index (χ3v) is 3.16. The molecule has 4 nitrogen and oxygen atoms in total. The Morgan fingerprint density at radius 2 is 2.24 bits per heavy atom. The van der Waals surface area contributed by atoms with Crippen molar-refractivity contribution in [3.05, 3.63) is 30.1 Å². The third-order valence-electron chi connectivity index (χ3n) is 3.16. The Labute approximate surface area is 102 Å². The molecule has 1 saturated heterocycles. The lowest BCUT2D eigenvalue weighted by Crippen LogP contribution is -2.45. The summed E-state index contributed by atoms with van der Waals surface area (Å²) in [6.07, 6.45) is 3.73. The van der Waals surface area contributed by atoms with Crippen molar-refractivity contribution in [2.24, 2.45) is 0 Å². The van der Waals surface area contributed by atoms with Gasteiger partial charge in [0, 0.05) is 25.3 Å². The second kappa shape index (κ2) is 5.77. The quantitative estimate of drug-likeness (QED) is 0.855. The summed E-state index contributed by atoms with van der Waals surface area (Å²) >= 11 is 0. The van der Waals surface area contributed by atoms with E-state index in [0.717, 1.165) is 32.5 Å². The zero-order chi connectivity index (χ0) is 12.1. The number of carbonyl (C=O) groups excluding carboxylic acids is 1. The van der Waals surface area contributed by atoms with E-state index in [1.54, 1.807) is 12.3 Å². The maximum Gasteiger partial charge on any atom is 0.272 e. The van der Waals surface area contributed by atoms with E-state index in [4.69, 9.17) is 0 Å². The van der Waals surface area contributed by atoms with Gasteiger partial charge in [-0.2, -0.15) is 0 Å². The van der Waals surface area contributed by atoms with Crippen LogP contribution in [-0.2, 0) is 0 Å². The highest BCUT2D eigenvalue weighted by atomic mass is 16.2. The van der Waals surface area contributed by atoms with Crippen LogP contribution in [0.1, 0.15) is 30.3 Å². The average molecular weight is 233 g/mol. The molecular weight excluding hydrogens is 214 g/mol. The number of piperidine rings is 1. The molecule has 1 aliphatic rings. The van der Waals surface area contributed by atoms with Gasteiger partial charge >= 0.3 is 0 Å². The smallest absolute Gasteiger partial charge is 0.272 e. The van der Waals surface area contributed by atoms with Crippen molar-refractivity contribution in [3.63, 3.8) is 0 Å². The predicted molar refractivity (Wildman–Crippen MR) is 66.8 cm³/mol. The van der Waals surface area contributed by atoms with Crippen LogP contribution < -0.4 is 5.32 Å². The van der Waals surface area contributed by atoms with Gasteiger partial charge in [-0.25, -0.2) is 0 Å². The first-order valence-electron chi connectivity index (χ1n) is 6.25. The van der Waals surface area contributed by atoms with Crippen molar-refractivity contribution in [1.82, 2.24) is 15.2 Å². The van der Waals surface area contributed by atoms with Crippen molar-refractivity contribution < 1.29 is 4.79 Å². The van der Waals surface area contributed by atoms with E-state index in [0.29, 0.717) is 11.7 Å². The van der Waals surface area contributed by atoms with Crippen LogP contribution in [0.15, 0.2) is 24.4 Å². The Hall–Kier alpha value is -1.42. The Morgan fingerprint density at radius 1 is 1.47 bits per heavy atom. The highest BCUT2D eigenvalue weighted by Gasteiger charge is 2.23. The molecule has 0 spiro atoms. The van der Waals surface area contributed by atoms with Gasteiger partial charge in [-0.15, -0.1) is 0 Å². The minimum atomic E-state index is 0.0561. The van der Waals surface area contributed by atoms with Crippen LogP contribution in [0, 0.1) is 0 Å². The predicted octanol–water partition coefficient (Wildman–Crippen LogP) is 1.30. The summed E-state index contributed by atoms with van der Waals surface area (Å²) in [6, 6.07) is 6.02. The highest BCUT2D eigenvalue weighted by Crippen LogP contribution is 2.12. The first-order chi connectivity index (χ1) is 8.31. The fourth-order valence-corrected chi connectivity index (χ4v) is 2.23. The molecule has 2 rings (SSSR count). The van der Waals surface area contributed by atoms with Gasteiger partial charge in [0.05, 0.1) is 0 Å². The molecule has 1 aliphatic heterocycles. The molecule has 1 aromatic rings. The maximum absolute atomic E-state index is 12.1. The molecule has 1 amide bonds. The summed E-state index contributed by atoms with van der Waals surface area (Å²) in [4.78, 5) is 18.1. The Bertz CT molecular complexity index is 358. The van der Waals surface area contributed by atoms with Crippen molar-refractivity contribution in [2.75, 3.05) is 19.6 Å². The second-order valence-electron chi connectivity index (χ2n) is 4.34. The number of carbonyl (C=O) groups is 1. The average Bonchev–Trinajstić information content (AvgIpc) is 2.40. The molecule has 0 radical (unpaired) electrons. The number of nitrogens with one attached hydrogen (secondary N) is 1. The summed E-state index contributed by atoms with van der Waals surface area (Å²) in [5, 5.41) is 3.43. The molecule has 4 heteroatoms. The number of aromatic nitrogens is 1. The molecule has 1 aromatic heterocycles. The normalized spacial score (nSPS) is 17.1. The first-order valence-corrected chi connectivity index (χ1v) is 6.25. The van der Waals surface area contributed by atoms with E-state index >= 15 is 0 Å². The molecule has 17 heavy (non-hydrogen) atoms. The number of rotatable bonds is 3. The standard InChI is InChI=1S/C13H19N3O/c1-2-14-11-6-9-16(10-7-11)13(17)12-5-3-4-8-15-12/h3-5,8,11,14H,2,6-7,9-10H2,1H3. The minimum absolute atomic E-state index is 0.0561. The number of likely N-dealkylation sites (tertiary alicyclic amines) is 1. The van der Waals surface area contributed by atoms with Gasteiger partial charge in [0.15, 0.2) is 0 Å². The number of pyridine rings is 1. The largest absolute Gasteiger partial charge is 0.337 e. The second-order valence-corrected chi connectivity index (χ2v) is 4.34. The van der Waals surface area contributed by atoms with Crippen LogP contribution in [0.4, 0.5) is 0 Å². The van der Waals surface area contributed by atoms with E-state index in [2.05, 4.69) is 17.2 Å². The lowest BCUT2D eigenvalue weighted by Gasteiger charge is -2.32. The molecule has 1 fully saturated rings. The summed E-state index contributed by atoms with van der Waals surface area (Å²) in [6.45, 7) is 4.77. The topological polar surface area (TPSA) is 45.2 Å². The van der Waals surface area contributed by atoms with Gasteiger partial charge < -0.3 is 10.2 Å². The van der Waals surface area contributed by atoms with Crippen molar-refractivity contribution in [2.45, 2.75) is 25.8 Å². The third kappa shape index (κ3) is 3.03. The van der Waals surface area contributed by atoms with Crippen molar-refractivity contribution in [3.8, 4) is 0 Å². The molecule has 1 N–H and O–H groups in total. The molecule has 2 heterocycles. The van der Waals surface area contributed by atoms with Crippen LogP contribution >= 0.6 is 0 Å². The van der Waals surface area contributed by atoms with Crippen LogP contribution in [-0.4, -0.2) is 41.5 Å². The molecule has 0 atom stereocenters. The minimum Gasteiger partial charge on any atom is -0.337 e. The van der Waals surface area contributed by atoms with Gasteiger partial charge in [-0.3, -0.25) is 9.78 Å². The lowest BCUT2D eigenvalue weighted by atomic mass is 10.0. The zero-order valence-electron chi connectivity index (χ0n) is 10.2. The van der Waals surface area contributed by atoms with Crippen LogP contribution in [0.5, 0.6) is 0 Å². The van der Waals surface area contributed by atoms with Gasteiger partial charge in [0.2, 0.25) is 0 Å². The van der Waals surface area contributed by atoms with Gasteiger partial charge in [0.25, 0.3) is 5.91 Å². The fourth-order valence-electron chi connectivity index (χ4n) is 2.23. The number of hydrogen-bond acceptors (Lipinski definition) is 3. The first kappa shape index (κ1) is 12.0. The fraction of sp³-hybridized carbons (Fsp3) is 0.538. The maximum atomic E-state index is 12.1. The Morgan fingerprint density at radius 3 is 2.82 bits per heavy atom. The molecule has 0 aliphatic carbocycles. The molecule has 0 aromatic carbocycles. The summed E-state index contributed by atoms with van der Waals surface area (Å²) in [5.74, 6) is 0.0561. The highest BCUT2D eigenvalue weighted by molar-refractivity contribution is 5.92. The van der Waals surface area contributed by atoms with Crippen LogP contribution in [0.2, 0.25) is 0 Å². The molecule has 0 unspecified atom stereocenters. The van der Waals surface area contributed by atoms with E-state index in [9.17, 15) is 4.79 Å². The number of amides is 1. The van der Waals surface area contributed by atoms with E-state index in [-0.39, 0.29) is 5.91 Å². The zero-order valence-corrected chi connectivity index (χ0v) is 10.2. The molecule has 0 saturated carbocycles. The number of hydrogen-bond donors (Lipinski definition) is 1. The monoisotopic (exact) mass is 233 g/mol. The van der Waals surface area contributed by atoms with Crippen molar-refractivity contribution >= 4 is 5.91 Å². The molecular formula is C13H19N3O. The van der Waals surface area contributed by atoms with E-state index in [1.807, 2.05) is 17.0 Å². The molecule has 92 valence electrons. The van der Waals surface area contributed by atoms with Gasteiger partial charge in [0.1, 0.15) is 5.69 Å². The number of nitrogens with zero attached hydrogens (tertiary/aromatic N) is 2. The lowest BCUT2D eigenvalue weighted by molar-refractivity contribution is 0.0700. The van der Waals surface area contributed by atoms with Crippen LogP contribution in [0.3, 0.4) is 0 Å². The van der Waals surface area contributed by atoms with Gasteiger partial charge in [-0.1, -0.05) is 13.0 Å². The van der Waals surface area contributed by atoms with Crippen molar-refractivity contribution in [1.29, 1.82) is 0 Å². The van der Waals surface area contributed by atoms with E-state index in [1.165, 1.54) is 0 Å². The Balaban J connectivity index is 1.91. The summed E-state index contributed by atoms with van der Waals surface area (Å²) < 4.78 is 0. The SMILES string of the molecule is CCNC1CCN(C(=O)c2ccccn2)CC1. The Kier molecular flexibility index (Phi) is 4.09. The van der Waals surface area contributed by atoms with Gasteiger partial charge in [-0.05, 0) is 31.5 Å². The molecule has 0 bridgehead atoms. The summed E-state index contributed by atoms with van der Waals surface area (Å²) in [5.41, 5.74) is 0.550. The van der Waals surface area contributed by atoms with Crippen LogP contribution in [0.25, 0.3) is 0 Å².